The van der Waals surface area contributed by atoms with Crippen LogP contribution >= 0.6 is 11.6 Å². The van der Waals surface area contributed by atoms with Crippen LogP contribution in [0.4, 0.5) is 5.69 Å². The Morgan fingerprint density at radius 3 is 2.19 bits per heavy atom. The summed E-state index contributed by atoms with van der Waals surface area (Å²) in [6.07, 6.45) is 1.35. The second-order valence-corrected chi connectivity index (χ2v) is 7.04. The van der Waals surface area contributed by atoms with Crippen molar-refractivity contribution in [1.82, 2.24) is 4.31 Å². The summed E-state index contributed by atoms with van der Waals surface area (Å²) < 4.78 is 26.7. The van der Waals surface area contributed by atoms with E-state index in [1.165, 1.54) is 10.4 Å². The fourth-order valence-electron chi connectivity index (χ4n) is 2.05. The molecule has 1 rings (SSSR count). The molecule has 0 radical (unpaired) electrons. The minimum absolute atomic E-state index is 0.0551. The van der Waals surface area contributed by atoms with Gasteiger partial charge in [-0.1, -0.05) is 25.4 Å². The molecule has 0 N–H and O–H groups in total. The zero-order chi connectivity index (χ0) is 16.2. The van der Waals surface area contributed by atoms with Crippen LogP contribution in [0.1, 0.15) is 32.3 Å². The van der Waals surface area contributed by atoms with Gasteiger partial charge in [0.1, 0.15) is 5.02 Å². The zero-order valence-corrected chi connectivity index (χ0v) is 13.9. The average molecular weight is 335 g/mol. The molecule has 0 aliphatic heterocycles. The van der Waals surface area contributed by atoms with E-state index in [1.54, 1.807) is 6.92 Å². The Balaban J connectivity index is 3.42. The summed E-state index contributed by atoms with van der Waals surface area (Å²) in [5, 5.41) is 10.9. The molecule has 1 aromatic carbocycles. The molecule has 0 spiro atoms. The van der Waals surface area contributed by atoms with Crippen molar-refractivity contribution < 1.29 is 13.3 Å². The van der Waals surface area contributed by atoms with E-state index in [4.69, 9.17) is 11.6 Å². The molecule has 0 atom stereocenters. The Hall–Kier alpha value is -1.18. The highest BCUT2D eigenvalue weighted by atomic mass is 35.5. The lowest BCUT2D eigenvalue weighted by Crippen LogP contribution is -2.33. The fraction of sp³-hybridized carbons (Fsp3) is 0.538. The summed E-state index contributed by atoms with van der Waals surface area (Å²) in [5.41, 5.74) is 0.0107. The van der Waals surface area contributed by atoms with Gasteiger partial charge in [-0.2, -0.15) is 4.31 Å². The summed E-state index contributed by atoms with van der Waals surface area (Å²) >= 11 is 5.80. The fourth-order valence-corrected chi connectivity index (χ4v) is 4.19. The number of sulfonamides is 1. The summed E-state index contributed by atoms with van der Waals surface area (Å²) in [5.74, 6) is 0. The third-order valence-corrected chi connectivity index (χ3v) is 5.35. The lowest BCUT2D eigenvalue weighted by molar-refractivity contribution is -0.384. The van der Waals surface area contributed by atoms with Crippen LogP contribution in [0.5, 0.6) is 0 Å². The van der Waals surface area contributed by atoms with Gasteiger partial charge in [-0.15, -0.1) is 0 Å². The van der Waals surface area contributed by atoms with E-state index in [1.807, 2.05) is 13.8 Å². The van der Waals surface area contributed by atoms with Crippen LogP contribution in [-0.4, -0.2) is 30.7 Å². The van der Waals surface area contributed by atoms with Gasteiger partial charge in [-0.25, -0.2) is 8.42 Å². The first-order valence-corrected chi connectivity index (χ1v) is 8.52. The van der Waals surface area contributed by atoms with Gasteiger partial charge in [0, 0.05) is 19.2 Å². The maximum Gasteiger partial charge on any atom is 0.289 e. The normalized spacial score (nSPS) is 11.9. The minimum atomic E-state index is -3.76. The second-order valence-electron chi connectivity index (χ2n) is 4.73. The molecule has 8 heteroatoms. The predicted molar refractivity (Wildman–Crippen MR) is 82.2 cm³/mol. The number of halogens is 1. The quantitative estimate of drug-likeness (QED) is 0.565. The maximum absolute atomic E-state index is 12.7. The highest BCUT2D eigenvalue weighted by Gasteiger charge is 2.28. The third kappa shape index (κ3) is 3.93. The highest BCUT2D eigenvalue weighted by molar-refractivity contribution is 7.89. The van der Waals surface area contributed by atoms with Crippen molar-refractivity contribution in [2.75, 3.05) is 13.1 Å². The molecule has 1 aromatic rings. The van der Waals surface area contributed by atoms with E-state index in [0.29, 0.717) is 31.5 Å². The summed E-state index contributed by atoms with van der Waals surface area (Å²) in [6, 6.07) is 2.37. The number of nitrogens with zero attached hydrogens (tertiary/aromatic N) is 2. The van der Waals surface area contributed by atoms with Gasteiger partial charge in [-0.3, -0.25) is 10.1 Å². The molecule has 0 aromatic heterocycles. The number of hydrogen-bond acceptors (Lipinski definition) is 4. The number of aryl methyl sites for hydroxylation is 1. The summed E-state index contributed by atoms with van der Waals surface area (Å²) in [7, 11) is -3.76. The van der Waals surface area contributed by atoms with Crippen molar-refractivity contribution in [2.45, 2.75) is 38.5 Å². The van der Waals surface area contributed by atoms with Crippen molar-refractivity contribution in [1.29, 1.82) is 0 Å². The number of nitro benzene ring substituents is 1. The van der Waals surface area contributed by atoms with Gasteiger partial charge in [0.05, 0.1) is 9.82 Å². The molecular weight excluding hydrogens is 316 g/mol. The lowest BCUT2D eigenvalue weighted by atomic mass is 10.2. The van der Waals surface area contributed by atoms with Crippen LogP contribution in [0.15, 0.2) is 17.0 Å². The van der Waals surface area contributed by atoms with Gasteiger partial charge in [0.15, 0.2) is 0 Å². The van der Waals surface area contributed by atoms with E-state index in [-0.39, 0.29) is 9.92 Å². The van der Waals surface area contributed by atoms with Gasteiger partial charge in [-0.05, 0) is 31.4 Å². The topological polar surface area (TPSA) is 80.5 Å². The minimum Gasteiger partial charge on any atom is -0.258 e. The molecule has 0 bridgehead atoms. The molecule has 0 unspecified atom stereocenters. The van der Waals surface area contributed by atoms with Crippen LogP contribution in [0.3, 0.4) is 0 Å². The van der Waals surface area contributed by atoms with Crippen molar-refractivity contribution in [2.24, 2.45) is 0 Å². The van der Waals surface area contributed by atoms with E-state index >= 15 is 0 Å². The number of benzene rings is 1. The smallest absolute Gasteiger partial charge is 0.258 e. The molecule has 0 aliphatic rings. The van der Waals surface area contributed by atoms with Crippen molar-refractivity contribution in [3.63, 3.8) is 0 Å². The maximum atomic E-state index is 12.7. The third-order valence-electron chi connectivity index (χ3n) is 3.00. The summed E-state index contributed by atoms with van der Waals surface area (Å²) in [6.45, 7) is 6.11. The van der Waals surface area contributed by atoms with Crippen molar-refractivity contribution >= 4 is 27.3 Å². The monoisotopic (exact) mass is 334 g/mol. The largest absolute Gasteiger partial charge is 0.289 e. The molecule has 0 saturated carbocycles. The molecule has 118 valence electrons. The first-order chi connectivity index (χ1) is 9.75. The van der Waals surface area contributed by atoms with Gasteiger partial charge in [0.2, 0.25) is 10.0 Å². The van der Waals surface area contributed by atoms with Gasteiger partial charge >= 0.3 is 0 Å². The average Bonchev–Trinajstić information content (AvgIpc) is 2.37. The molecule has 0 amide bonds. The Morgan fingerprint density at radius 2 is 1.76 bits per heavy atom. The SMILES string of the molecule is CCCN(CCC)S(=O)(=O)c1cc([N+](=O)[O-])c(Cl)cc1C. The predicted octanol–water partition coefficient (Wildman–Crippen LogP) is 3.37. The molecule has 21 heavy (non-hydrogen) atoms. The molecule has 0 heterocycles. The number of hydrogen-bond donors (Lipinski definition) is 0. The Labute approximate surface area is 129 Å². The standard InChI is InChI=1S/C13H19ClN2O4S/c1-4-6-15(7-5-2)21(19,20)13-9-12(16(17)18)11(14)8-10(13)3/h8-9H,4-7H2,1-3H3. The molecular formula is C13H19ClN2O4S. The van der Waals surface area contributed by atoms with Gasteiger partial charge < -0.3 is 0 Å². The number of nitro groups is 1. The van der Waals surface area contributed by atoms with E-state index in [0.717, 1.165) is 6.07 Å². The van der Waals surface area contributed by atoms with Crippen LogP contribution in [0.25, 0.3) is 0 Å². The highest BCUT2D eigenvalue weighted by Crippen LogP contribution is 2.31. The van der Waals surface area contributed by atoms with Crippen molar-refractivity contribution in [3.05, 3.63) is 32.8 Å². The van der Waals surface area contributed by atoms with E-state index in [2.05, 4.69) is 0 Å². The Kier molecular flexibility index (Phi) is 6.12. The van der Waals surface area contributed by atoms with Gasteiger partial charge in [0.25, 0.3) is 5.69 Å². The zero-order valence-electron chi connectivity index (χ0n) is 12.3. The van der Waals surface area contributed by atoms with Crippen LogP contribution in [0.2, 0.25) is 5.02 Å². The molecule has 6 nitrogen and oxygen atoms in total. The molecule has 0 fully saturated rings. The Bertz CT molecular complexity index is 625. The first kappa shape index (κ1) is 17.9. The van der Waals surface area contributed by atoms with Crippen LogP contribution in [-0.2, 0) is 10.0 Å². The van der Waals surface area contributed by atoms with Crippen molar-refractivity contribution in [3.8, 4) is 0 Å². The first-order valence-electron chi connectivity index (χ1n) is 6.70. The molecule has 0 aliphatic carbocycles. The Morgan fingerprint density at radius 1 is 1.24 bits per heavy atom. The van der Waals surface area contributed by atoms with Crippen LogP contribution in [0, 0.1) is 17.0 Å². The number of rotatable bonds is 7. The molecule has 0 saturated heterocycles. The van der Waals surface area contributed by atoms with Crippen LogP contribution < -0.4 is 0 Å². The van der Waals surface area contributed by atoms with E-state index < -0.39 is 20.6 Å². The second kappa shape index (κ2) is 7.20. The lowest BCUT2D eigenvalue weighted by Gasteiger charge is -2.22. The van der Waals surface area contributed by atoms with E-state index in [9.17, 15) is 18.5 Å². The summed E-state index contributed by atoms with van der Waals surface area (Å²) in [4.78, 5) is 10.2.